The zero-order chi connectivity index (χ0) is 20.6. The Kier molecular flexibility index (Phi) is 7.92. The number of aryl methyl sites for hydroxylation is 1. The van der Waals surface area contributed by atoms with Gasteiger partial charge in [-0.3, -0.25) is 14.5 Å². The summed E-state index contributed by atoms with van der Waals surface area (Å²) >= 11 is 0. The van der Waals surface area contributed by atoms with E-state index in [9.17, 15) is 9.59 Å². The molecule has 3 rings (SSSR count). The number of rotatable bonds is 8. The summed E-state index contributed by atoms with van der Waals surface area (Å²) in [6.07, 6.45) is 6.18. The molecule has 0 saturated carbocycles. The minimum atomic E-state index is 0.0395. The van der Waals surface area contributed by atoms with Crippen molar-refractivity contribution in [3.63, 3.8) is 0 Å². The monoisotopic (exact) mass is 400 g/mol. The van der Waals surface area contributed by atoms with E-state index in [0.29, 0.717) is 25.4 Å². The van der Waals surface area contributed by atoms with Gasteiger partial charge in [-0.2, -0.15) is 0 Å². The highest BCUT2D eigenvalue weighted by Gasteiger charge is 2.22. The molecule has 0 radical (unpaired) electrons. The first-order valence-corrected chi connectivity index (χ1v) is 11.2. The van der Waals surface area contributed by atoms with E-state index in [-0.39, 0.29) is 11.8 Å². The minimum absolute atomic E-state index is 0.0395. The lowest BCUT2D eigenvalue weighted by molar-refractivity contribution is -0.121. The van der Waals surface area contributed by atoms with Crippen LogP contribution in [0.4, 0.5) is 11.4 Å². The molecule has 29 heavy (non-hydrogen) atoms. The third-order valence-electron chi connectivity index (χ3n) is 5.99. The summed E-state index contributed by atoms with van der Waals surface area (Å²) in [5, 5.41) is 6.12. The van der Waals surface area contributed by atoms with Gasteiger partial charge in [0.25, 0.3) is 0 Å². The number of carbonyl (C=O) groups excluding carboxylic acids is 2. The molecule has 2 amide bonds. The van der Waals surface area contributed by atoms with Crippen LogP contribution in [0.3, 0.4) is 0 Å². The number of benzene rings is 1. The van der Waals surface area contributed by atoms with E-state index in [4.69, 9.17) is 0 Å². The largest absolute Gasteiger partial charge is 0.372 e. The first kappa shape index (κ1) is 21.6. The van der Waals surface area contributed by atoms with E-state index >= 15 is 0 Å². The molecule has 2 heterocycles. The molecule has 2 aliphatic heterocycles. The summed E-state index contributed by atoms with van der Waals surface area (Å²) in [6, 6.07) is 6.32. The SMILES string of the molecule is CCCC(=O)NCC1CCCN(CC(=O)Nc2ccc(N3CCCC3)cc2C)C1. The Balaban J connectivity index is 1.46. The standard InChI is InChI=1S/C23H36N4O2/c1-3-7-22(28)24-15-19-8-6-11-26(16-19)17-23(29)25-21-10-9-20(14-18(21)2)27-12-4-5-13-27/h9-10,14,19H,3-8,11-13,15-17H2,1-2H3,(H,24,28)(H,25,29). The van der Waals surface area contributed by atoms with Crippen LogP contribution in [-0.4, -0.2) is 56.0 Å². The molecule has 0 aromatic heterocycles. The summed E-state index contributed by atoms with van der Waals surface area (Å²) in [6.45, 7) is 9.26. The van der Waals surface area contributed by atoms with Gasteiger partial charge in [0.1, 0.15) is 0 Å². The second-order valence-electron chi connectivity index (χ2n) is 8.54. The summed E-state index contributed by atoms with van der Waals surface area (Å²) in [4.78, 5) is 28.9. The Hall–Kier alpha value is -2.08. The average Bonchev–Trinajstić information content (AvgIpc) is 3.23. The second-order valence-corrected chi connectivity index (χ2v) is 8.54. The Morgan fingerprint density at radius 2 is 1.90 bits per heavy atom. The van der Waals surface area contributed by atoms with E-state index in [0.717, 1.165) is 56.7 Å². The van der Waals surface area contributed by atoms with Crippen LogP contribution in [0.1, 0.15) is 51.0 Å². The topological polar surface area (TPSA) is 64.7 Å². The predicted octanol–water partition coefficient (Wildman–Crippen LogP) is 3.16. The number of nitrogens with zero attached hydrogens (tertiary/aromatic N) is 2. The first-order chi connectivity index (χ1) is 14.0. The van der Waals surface area contributed by atoms with Gasteiger partial charge in [-0.05, 0) is 75.3 Å². The van der Waals surface area contributed by atoms with Gasteiger partial charge in [0.05, 0.1) is 6.54 Å². The maximum Gasteiger partial charge on any atom is 0.238 e. The molecule has 1 aromatic carbocycles. The Morgan fingerprint density at radius 1 is 1.10 bits per heavy atom. The minimum Gasteiger partial charge on any atom is -0.372 e. The van der Waals surface area contributed by atoms with Crippen molar-refractivity contribution in [2.24, 2.45) is 5.92 Å². The number of hydrogen-bond donors (Lipinski definition) is 2. The van der Waals surface area contributed by atoms with Gasteiger partial charge < -0.3 is 15.5 Å². The molecule has 0 aliphatic carbocycles. The lowest BCUT2D eigenvalue weighted by Gasteiger charge is -2.32. The van der Waals surface area contributed by atoms with Crippen molar-refractivity contribution in [1.29, 1.82) is 0 Å². The number of hydrogen-bond acceptors (Lipinski definition) is 4. The van der Waals surface area contributed by atoms with Gasteiger partial charge in [0, 0.05) is 44.0 Å². The van der Waals surface area contributed by atoms with Crippen molar-refractivity contribution in [2.45, 2.75) is 52.4 Å². The van der Waals surface area contributed by atoms with Gasteiger partial charge in [-0.25, -0.2) is 0 Å². The Bertz CT molecular complexity index is 700. The Morgan fingerprint density at radius 3 is 2.62 bits per heavy atom. The number of likely N-dealkylation sites (tertiary alicyclic amines) is 1. The lowest BCUT2D eigenvalue weighted by atomic mass is 9.98. The number of amides is 2. The van der Waals surface area contributed by atoms with Crippen LogP contribution in [0.15, 0.2) is 18.2 Å². The van der Waals surface area contributed by atoms with Gasteiger partial charge >= 0.3 is 0 Å². The highest BCUT2D eigenvalue weighted by atomic mass is 16.2. The van der Waals surface area contributed by atoms with Crippen molar-refractivity contribution in [1.82, 2.24) is 10.2 Å². The fourth-order valence-electron chi connectivity index (χ4n) is 4.39. The quantitative estimate of drug-likeness (QED) is 0.704. The maximum atomic E-state index is 12.6. The van der Waals surface area contributed by atoms with Crippen LogP contribution >= 0.6 is 0 Å². The van der Waals surface area contributed by atoms with Crippen molar-refractivity contribution in [3.8, 4) is 0 Å². The summed E-state index contributed by atoms with van der Waals surface area (Å²) < 4.78 is 0. The molecule has 2 saturated heterocycles. The molecule has 1 aromatic rings. The first-order valence-electron chi connectivity index (χ1n) is 11.2. The third-order valence-corrected chi connectivity index (χ3v) is 5.99. The molecule has 6 heteroatoms. The normalized spacial score (nSPS) is 19.9. The molecule has 6 nitrogen and oxygen atoms in total. The molecule has 2 aliphatic rings. The fraction of sp³-hybridized carbons (Fsp3) is 0.652. The highest BCUT2D eigenvalue weighted by molar-refractivity contribution is 5.93. The molecule has 2 N–H and O–H groups in total. The van der Waals surface area contributed by atoms with Crippen molar-refractivity contribution >= 4 is 23.2 Å². The van der Waals surface area contributed by atoms with Crippen LogP contribution in [0.5, 0.6) is 0 Å². The van der Waals surface area contributed by atoms with Gasteiger partial charge in [0.15, 0.2) is 0 Å². The van der Waals surface area contributed by atoms with Crippen LogP contribution in [-0.2, 0) is 9.59 Å². The molecule has 1 atom stereocenters. The smallest absolute Gasteiger partial charge is 0.238 e. The van der Waals surface area contributed by atoms with E-state index in [2.05, 4.69) is 39.5 Å². The average molecular weight is 401 g/mol. The highest BCUT2D eigenvalue weighted by Crippen LogP contribution is 2.25. The summed E-state index contributed by atoms with van der Waals surface area (Å²) in [5.74, 6) is 0.603. The van der Waals surface area contributed by atoms with E-state index < -0.39 is 0 Å². The van der Waals surface area contributed by atoms with Gasteiger partial charge in [-0.15, -0.1) is 0 Å². The van der Waals surface area contributed by atoms with Crippen molar-refractivity contribution in [3.05, 3.63) is 23.8 Å². The Labute approximate surface area is 175 Å². The number of anilines is 2. The molecule has 160 valence electrons. The zero-order valence-electron chi connectivity index (χ0n) is 18.0. The van der Waals surface area contributed by atoms with Gasteiger partial charge in [0.2, 0.25) is 11.8 Å². The fourth-order valence-corrected chi connectivity index (χ4v) is 4.39. The third kappa shape index (κ3) is 6.46. The number of nitrogens with one attached hydrogen (secondary N) is 2. The molecular weight excluding hydrogens is 364 g/mol. The number of carbonyl (C=O) groups is 2. The predicted molar refractivity (Wildman–Crippen MR) is 118 cm³/mol. The molecule has 0 spiro atoms. The number of piperidine rings is 1. The van der Waals surface area contributed by atoms with E-state index in [1.165, 1.54) is 18.5 Å². The van der Waals surface area contributed by atoms with Crippen molar-refractivity contribution in [2.75, 3.05) is 49.5 Å². The van der Waals surface area contributed by atoms with E-state index in [1.54, 1.807) is 0 Å². The lowest BCUT2D eigenvalue weighted by Crippen LogP contribution is -2.43. The summed E-state index contributed by atoms with van der Waals surface area (Å²) in [5.41, 5.74) is 3.26. The molecule has 0 bridgehead atoms. The molecule has 1 unspecified atom stereocenters. The zero-order valence-corrected chi connectivity index (χ0v) is 18.0. The molecular formula is C23H36N4O2. The van der Waals surface area contributed by atoms with Crippen LogP contribution in [0.2, 0.25) is 0 Å². The molecule has 2 fully saturated rings. The summed E-state index contributed by atoms with van der Waals surface area (Å²) in [7, 11) is 0. The maximum absolute atomic E-state index is 12.6. The van der Waals surface area contributed by atoms with Crippen molar-refractivity contribution < 1.29 is 9.59 Å². The van der Waals surface area contributed by atoms with E-state index in [1.807, 2.05) is 13.0 Å². The second kappa shape index (κ2) is 10.6. The van der Waals surface area contributed by atoms with Crippen LogP contribution in [0.25, 0.3) is 0 Å². The van der Waals surface area contributed by atoms with Crippen LogP contribution in [0, 0.1) is 12.8 Å². The van der Waals surface area contributed by atoms with Gasteiger partial charge in [-0.1, -0.05) is 6.92 Å². The van der Waals surface area contributed by atoms with Crippen LogP contribution < -0.4 is 15.5 Å².